The lowest BCUT2D eigenvalue weighted by atomic mass is 10.2. The minimum atomic E-state index is -0.240. The number of benzene rings is 2. The highest BCUT2D eigenvalue weighted by molar-refractivity contribution is 6.32. The van der Waals surface area contributed by atoms with Crippen molar-refractivity contribution in [2.24, 2.45) is 0 Å². The Morgan fingerprint density at radius 1 is 1.17 bits per heavy atom. The number of hydrogen-bond donors (Lipinski definition) is 2. The van der Waals surface area contributed by atoms with E-state index in [9.17, 15) is 4.79 Å². The Balaban J connectivity index is 1.37. The molecule has 1 heterocycles. The van der Waals surface area contributed by atoms with E-state index >= 15 is 0 Å². The second kappa shape index (κ2) is 8.58. The third-order valence-corrected chi connectivity index (χ3v) is 5.03. The molecule has 1 amide bonds. The monoisotopic (exact) mass is 428 g/mol. The van der Waals surface area contributed by atoms with Crippen LogP contribution in [0, 0.1) is 0 Å². The molecule has 10 heteroatoms. The molecule has 0 bridgehead atoms. The molecule has 0 spiro atoms. The van der Waals surface area contributed by atoms with E-state index in [1.807, 2.05) is 28.9 Å². The highest BCUT2D eigenvalue weighted by Crippen LogP contribution is 2.37. The number of nitrogens with zero attached hydrogens (tertiary/aromatic N) is 4. The first-order valence-corrected chi connectivity index (χ1v) is 9.80. The number of hydrogen-bond acceptors (Lipinski definition) is 7. The van der Waals surface area contributed by atoms with E-state index in [1.54, 1.807) is 12.1 Å². The molecular formula is C20H21ClN6O3. The zero-order chi connectivity index (χ0) is 21.1. The van der Waals surface area contributed by atoms with E-state index in [4.69, 9.17) is 21.1 Å². The van der Waals surface area contributed by atoms with Crippen molar-refractivity contribution in [2.45, 2.75) is 18.9 Å². The Labute approximate surface area is 178 Å². The average Bonchev–Trinajstić information content (AvgIpc) is 3.49. The number of halogens is 1. The number of methoxy groups -OCH3 is 2. The molecule has 3 aromatic rings. The third-order valence-electron chi connectivity index (χ3n) is 4.73. The van der Waals surface area contributed by atoms with Gasteiger partial charge in [-0.15, -0.1) is 5.10 Å². The molecule has 4 rings (SSSR count). The fraction of sp³-hybridized carbons (Fsp3) is 0.300. The van der Waals surface area contributed by atoms with Crippen LogP contribution in [0.5, 0.6) is 11.5 Å². The van der Waals surface area contributed by atoms with Gasteiger partial charge in [0.25, 0.3) is 0 Å². The first-order valence-electron chi connectivity index (χ1n) is 9.42. The van der Waals surface area contributed by atoms with E-state index in [0.717, 1.165) is 29.9 Å². The summed E-state index contributed by atoms with van der Waals surface area (Å²) in [6.45, 7) is 0.0754. The van der Waals surface area contributed by atoms with Crippen LogP contribution >= 0.6 is 11.6 Å². The van der Waals surface area contributed by atoms with E-state index in [-0.39, 0.29) is 12.5 Å². The molecule has 2 aromatic carbocycles. The molecule has 1 aliphatic rings. The van der Waals surface area contributed by atoms with Gasteiger partial charge in [0.05, 0.1) is 37.5 Å². The molecule has 2 N–H and O–H groups in total. The van der Waals surface area contributed by atoms with Gasteiger partial charge in [-0.25, -0.2) is 4.68 Å². The SMILES string of the molecule is COc1cc(OC)c(NC(=O)CNc2ccc(-c3nnnn3C3CC3)cc2)cc1Cl. The van der Waals surface area contributed by atoms with Crippen LogP contribution < -0.4 is 20.1 Å². The van der Waals surface area contributed by atoms with Gasteiger partial charge in [-0.1, -0.05) is 11.6 Å². The summed E-state index contributed by atoms with van der Waals surface area (Å²) in [6, 6.07) is 11.3. The van der Waals surface area contributed by atoms with E-state index < -0.39 is 0 Å². The zero-order valence-electron chi connectivity index (χ0n) is 16.6. The zero-order valence-corrected chi connectivity index (χ0v) is 17.3. The van der Waals surface area contributed by atoms with Gasteiger partial charge in [0.2, 0.25) is 5.91 Å². The van der Waals surface area contributed by atoms with E-state index in [0.29, 0.717) is 28.3 Å². The number of nitrogens with one attached hydrogen (secondary N) is 2. The number of tetrazole rings is 1. The molecule has 0 saturated heterocycles. The van der Waals surface area contributed by atoms with Crippen LogP contribution in [0.15, 0.2) is 36.4 Å². The topological polar surface area (TPSA) is 103 Å². The molecule has 1 aliphatic carbocycles. The molecule has 0 unspecified atom stereocenters. The van der Waals surface area contributed by atoms with Gasteiger partial charge < -0.3 is 20.1 Å². The van der Waals surface area contributed by atoms with Crippen molar-refractivity contribution < 1.29 is 14.3 Å². The van der Waals surface area contributed by atoms with Crippen LogP contribution in [0.4, 0.5) is 11.4 Å². The number of carbonyl (C=O) groups excluding carboxylic acids is 1. The van der Waals surface area contributed by atoms with Crippen LogP contribution in [-0.2, 0) is 4.79 Å². The number of ether oxygens (including phenoxy) is 2. The lowest BCUT2D eigenvalue weighted by molar-refractivity contribution is -0.114. The minimum Gasteiger partial charge on any atom is -0.495 e. The predicted octanol–water partition coefficient (Wildman–Crippen LogP) is 3.40. The summed E-state index contributed by atoms with van der Waals surface area (Å²) in [5.74, 6) is 1.45. The highest BCUT2D eigenvalue weighted by Gasteiger charge is 2.28. The Kier molecular flexibility index (Phi) is 5.71. The molecule has 30 heavy (non-hydrogen) atoms. The first-order chi connectivity index (χ1) is 14.6. The Morgan fingerprint density at radius 3 is 2.57 bits per heavy atom. The lowest BCUT2D eigenvalue weighted by Crippen LogP contribution is -2.22. The molecule has 1 fully saturated rings. The molecule has 1 aromatic heterocycles. The summed E-state index contributed by atoms with van der Waals surface area (Å²) < 4.78 is 12.3. The fourth-order valence-electron chi connectivity index (χ4n) is 3.02. The normalized spacial score (nSPS) is 13.0. The molecule has 0 radical (unpaired) electrons. The van der Waals surface area contributed by atoms with Crippen LogP contribution in [0.3, 0.4) is 0 Å². The minimum absolute atomic E-state index is 0.0754. The number of aromatic nitrogens is 4. The number of anilines is 2. The molecule has 0 atom stereocenters. The smallest absolute Gasteiger partial charge is 0.243 e. The fourth-order valence-corrected chi connectivity index (χ4v) is 3.26. The quantitative estimate of drug-likeness (QED) is 0.566. The van der Waals surface area contributed by atoms with E-state index in [1.165, 1.54) is 14.2 Å². The summed E-state index contributed by atoms with van der Waals surface area (Å²) in [4.78, 5) is 12.4. The number of amides is 1. The maximum Gasteiger partial charge on any atom is 0.243 e. The van der Waals surface area contributed by atoms with Gasteiger partial charge in [-0.2, -0.15) is 0 Å². The largest absolute Gasteiger partial charge is 0.495 e. The van der Waals surface area contributed by atoms with Crippen molar-refractivity contribution >= 4 is 28.9 Å². The average molecular weight is 429 g/mol. The first kappa shape index (κ1) is 20.0. The summed E-state index contributed by atoms with van der Waals surface area (Å²) in [5, 5.41) is 18.2. The van der Waals surface area contributed by atoms with Gasteiger partial charge in [0.15, 0.2) is 5.82 Å². The standard InChI is InChI=1S/C20H21ClN6O3/c1-29-17-10-18(30-2)16(9-15(17)21)23-19(28)11-22-13-5-3-12(4-6-13)20-24-25-26-27(20)14-7-8-14/h3-6,9-10,14,22H,7-8,11H2,1-2H3,(H,23,28). The molecule has 9 nitrogen and oxygen atoms in total. The summed E-state index contributed by atoms with van der Waals surface area (Å²) in [5.41, 5.74) is 2.20. The second-order valence-electron chi connectivity index (χ2n) is 6.84. The van der Waals surface area contributed by atoms with Crippen LogP contribution in [0.1, 0.15) is 18.9 Å². The highest BCUT2D eigenvalue weighted by atomic mass is 35.5. The lowest BCUT2D eigenvalue weighted by Gasteiger charge is -2.13. The Hall–Kier alpha value is -3.33. The number of carbonyl (C=O) groups is 1. The predicted molar refractivity (Wildman–Crippen MR) is 113 cm³/mol. The molecular weight excluding hydrogens is 408 g/mol. The third kappa shape index (κ3) is 4.30. The molecule has 156 valence electrons. The van der Waals surface area contributed by atoms with Crippen molar-refractivity contribution in [2.75, 3.05) is 31.4 Å². The van der Waals surface area contributed by atoms with Crippen molar-refractivity contribution in [3.05, 3.63) is 41.4 Å². The van der Waals surface area contributed by atoms with Crippen LogP contribution in [-0.4, -0.2) is 46.9 Å². The summed E-state index contributed by atoms with van der Waals surface area (Å²) in [6.07, 6.45) is 2.22. The number of rotatable bonds is 8. The van der Waals surface area contributed by atoms with E-state index in [2.05, 4.69) is 26.2 Å². The van der Waals surface area contributed by atoms with Crippen molar-refractivity contribution in [3.63, 3.8) is 0 Å². The van der Waals surface area contributed by atoms with Gasteiger partial charge >= 0.3 is 0 Å². The summed E-state index contributed by atoms with van der Waals surface area (Å²) in [7, 11) is 3.03. The van der Waals surface area contributed by atoms with Gasteiger partial charge in [-0.05, 0) is 53.6 Å². The van der Waals surface area contributed by atoms with Gasteiger partial charge in [0.1, 0.15) is 11.5 Å². The van der Waals surface area contributed by atoms with Crippen molar-refractivity contribution in [1.82, 2.24) is 20.2 Å². The van der Waals surface area contributed by atoms with Gasteiger partial charge in [-0.3, -0.25) is 4.79 Å². The van der Waals surface area contributed by atoms with Crippen LogP contribution in [0.25, 0.3) is 11.4 Å². The maximum atomic E-state index is 12.4. The molecule has 0 aliphatic heterocycles. The molecule has 1 saturated carbocycles. The van der Waals surface area contributed by atoms with Crippen molar-refractivity contribution in [3.8, 4) is 22.9 Å². The maximum absolute atomic E-state index is 12.4. The summed E-state index contributed by atoms with van der Waals surface area (Å²) >= 11 is 6.14. The second-order valence-corrected chi connectivity index (χ2v) is 7.25. The Bertz CT molecular complexity index is 1050. The Morgan fingerprint density at radius 2 is 1.90 bits per heavy atom. The van der Waals surface area contributed by atoms with Gasteiger partial charge in [0, 0.05) is 17.3 Å². The van der Waals surface area contributed by atoms with Crippen molar-refractivity contribution in [1.29, 1.82) is 0 Å². The van der Waals surface area contributed by atoms with Crippen LogP contribution in [0.2, 0.25) is 5.02 Å².